The van der Waals surface area contributed by atoms with Gasteiger partial charge in [0.25, 0.3) is 0 Å². The molecule has 2 amide bonds. The lowest BCUT2D eigenvalue weighted by Crippen LogP contribution is -2.19. The number of benzene rings is 1. The Kier molecular flexibility index (Phi) is 3.30. The average molecular weight is 230 g/mol. The van der Waals surface area contributed by atoms with E-state index in [2.05, 4.69) is 15.6 Å². The highest BCUT2D eigenvalue weighted by atomic mass is 16.2. The van der Waals surface area contributed by atoms with E-state index in [9.17, 15) is 4.79 Å². The fourth-order valence-electron chi connectivity index (χ4n) is 1.49. The molecule has 88 valence electrons. The number of hydrogen-bond acceptors (Lipinski definition) is 2. The number of carbonyl (C=O) groups excluding carboxylic acids is 1. The predicted octanol–water partition coefficient (Wildman–Crippen LogP) is 2.12. The first-order valence-corrected chi connectivity index (χ1v) is 5.26. The summed E-state index contributed by atoms with van der Waals surface area (Å²) >= 11 is 0. The molecule has 0 spiro atoms. The molecule has 5 N–H and O–H groups in total. The SMILES string of the molecule is NC(=O)Nc1ccc(NCc2cc[nH]c2)cc1. The molecule has 0 atom stereocenters. The molecule has 0 saturated heterocycles. The summed E-state index contributed by atoms with van der Waals surface area (Å²) in [4.78, 5) is 13.6. The second kappa shape index (κ2) is 5.07. The fourth-order valence-corrected chi connectivity index (χ4v) is 1.49. The number of rotatable bonds is 4. The quantitative estimate of drug-likeness (QED) is 0.648. The molecule has 0 radical (unpaired) electrons. The summed E-state index contributed by atoms with van der Waals surface area (Å²) < 4.78 is 0. The second-order valence-electron chi connectivity index (χ2n) is 3.64. The molecule has 1 heterocycles. The number of urea groups is 1. The zero-order valence-electron chi connectivity index (χ0n) is 9.23. The van der Waals surface area contributed by atoms with Crippen LogP contribution in [0.25, 0.3) is 0 Å². The molecule has 0 unspecified atom stereocenters. The third kappa shape index (κ3) is 3.27. The van der Waals surface area contributed by atoms with E-state index in [0.29, 0.717) is 5.69 Å². The standard InChI is InChI=1S/C12H14N4O/c13-12(17)16-11-3-1-10(2-4-11)15-8-9-5-6-14-7-9/h1-7,14-15H,8H2,(H3,13,16,17). The Morgan fingerprint density at radius 3 is 2.47 bits per heavy atom. The number of amides is 2. The van der Waals surface area contributed by atoms with Crippen molar-refractivity contribution in [1.29, 1.82) is 0 Å². The summed E-state index contributed by atoms with van der Waals surface area (Å²) in [5.41, 5.74) is 7.87. The molecule has 0 saturated carbocycles. The van der Waals surface area contributed by atoms with Gasteiger partial charge >= 0.3 is 6.03 Å². The van der Waals surface area contributed by atoms with Crippen molar-refractivity contribution in [2.75, 3.05) is 10.6 Å². The first-order chi connectivity index (χ1) is 8.24. The highest BCUT2D eigenvalue weighted by Crippen LogP contribution is 2.14. The molecule has 0 aliphatic carbocycles. The van der Waals surface area contributed by atoms with Crippen molar-refractivity contribution >= 4 is 17.4 Å². The van der Waals surface area contributed by atoms with Crippen molar-refractivity contribution < 1.29 is 4.79 Å². The molecule has 0 aliphatic heterocycles. The van der Waals surface area contributed by atoms with Gasteiger partial charge in [-0.05, 0) is 35.9 Å². The van der Waals surface area contributed by atoms with Crippen molar-refractivity contribution in [3.63, 3.8) is 0 Å². The van der Waals surface area contributed by atoms with E-state index in [1.807, 2.05) is 30.6 Å². The molecule has 0 aliphatic rings. The molecule has 0 bridgehead atoms. The van der Waals surface area contributed by atoms with E-state index in [0.717, 1.165) is 12.2 Å². The van der Waals surface area contributed by atoms with Gasteiger partial charge in [-0.25, -0.2) is 4.79 Å². The van der Waals surface area contributed by atoms with Gasteiger partial charge in [0.2, 0.25) is 0 Å². The number of carbonyl (C=O) groups is 1. The minimum atomic E-state index is -0.557. The van der Waals surface area contributed by atoms with Gasteiger partial charge in [-0.3, -0.25) is 0 Å². The van der Waals surface area contributed by atoms with E-state index in [1.165, 1.54) is 5.56 Å². The van der Waals surface area contributed by atoms with Crippen LogP contribution in [0.3, 0.4) is 0 Å². The first kappa shape index (κ1) is 11.1. The summed E-state index contributed by atoms with van der Waals surface area (Å²) in [7, 11) is 0. The Morgan fingerprint density at radius 1 is 1.18 bits per heavy atom. The summed E-state index contributed by atoms with van der Waals surface area (Å²) in [6, 6.07) is 8.82. The van der Waals surface area contributed by atoms with E-state index >= 15 is 0 Å². The molecule has 2 rings (SSSR count). The lowest BCUT2D eigenvalue weighted by atomic mass is 10.2. The molecule has 0 fully saturated rings. The van der Waals surface area contributed by atoms with E-state index in [-0.39, 0.29) is 0 Å². The minimum Gasteiger partial charge on any atom is -0.381 e. The molecule has 17 heavy (non-hydrogen) atoms. The van der Waals surface area contributed by atoms with Crippen LogP contribution >= 0.6 is 0 Å². The third-order valence-electron chi connectivity index (χ3n) is 2.31. The van der Waals surface area contributed by atoms with Crippen LogP contribution in [0.5, 0.6) is 0 Å². The Balaban J connectivity index is 1.91. The van der Waals surface area contributed by atoms with Crippen LogP contribution in [0.1, 0.15) is 5.56 Å². The van der Waals surface area contributed by atoms with Crippen LogP contribution in [-0.2, 0) is 6.54 Å². The van der Waals surface area contributed by atoms with Gasteiger partial charge in [-0.15, -0.1) is 0 Å². The normalized spacial score (nSPS) is 9.88. The lowest BCUT2D eigenvalue weighted by molar-refractivity contribution is 0.259. The van der Waals surface area contributed by atoms with Gasteiger partial charge in [0, 0.05) is 30.3 Å². The van der Waals surface area contributed by atoms with Gasteiger partial charge in [0.15, 0.2) is 0 Å². The lowest BCUT2D eigenvalue weighted by Gasteiger charge is -2.06. The summed E-state index contributed by atoms with van der Waals surface area (Å²) in [5, 5.41) is 5.77. The number of nitrogens with two attached hydrogens (primary N) is 1. The summed E-state index contributed by atoms with van der Waals surface area (Å²) in [6.07, 6.45) is 3.83. The average Bonchev–Trinajstić information content (AvgIpc) is 2.80. The van der Waals surface area contributed by atoms with E-state index in [1.54, 1.807) is 12.1 Å². The van der Waals surface area contributed by atoms with Crippen molar-refractivity contribution in [2.45, 2.75) is 6.54 Å². The summed E-state index contributed by atoms with van der Waals surface area (Å²) in [6.45, 7) is 0.756. The number of H-pyrrole nitrogens is 1. The maximum atomic E-state index is 10.6. The molecular formula is C12H14N4O. The number of primary amides is 1. The molecule has 1 aromatic carbocycles. The molecule has 2 aromatic rings. The predicted molar refractivity (Wildman–Crippen MR) is 67.8 cm³/mol. The fraction of sp³-hybridized carbons (Fsp3) is 0.0833. The Bertz CT molecular complexity index is 476. The van der Waals surface area contributed by atoms with Crippen LogP contribution < -0.4 is 16.4 Å². The number of anilines is 2. The number of hydrogen-bond donors (Lipinski definition) is 4. The van der Waals surface area contributed by atoms with Crippen molar-refractivity contribution in [3.8, 4) is 0 Å². The van der Waals surface area contributed by atoms with Gasteiger partial charge < -0.3 is 21.4 Å². The minimum absolute atomic E-state index is 0.557. The van der Waals surface area contributed by atoms with Gasteiger partial charge in [0.1, 0.15) is 0 Å². The van der Waals surface area contributed by atoms with Crippen molar-refractivity contribution in [1.82, 2.24) is 4.98 Å². The topological polar surface area (TPSA) is 82.9 Å². The number of nitrogens with one attached hydrogen (secondary N) is 3. The number of aromatic amines is 1. The van der Waals surface area contributed by atoms with Crippen LogP contribution in [0, 0.1) is 0 Å². The molecule has 1 aromatic heterocycles. The molecule has 5 heteroatoms. The largest absolute Gasteiger partial charge is 0.381 e. The highest BCUT2D eigenvalue weighted by molar-refractivity contribution is 5.87. The van der Waals surface area contributed by atoms with Crippen LogP contribution in [0.4, 0.5) is 16.2 Å². The Hall–Kier alpha value is -2.43. The van der Waals surface area contributed by atoms with Gasteiger partial charge in [0.05, 0.1) is 0 Å². The highest BCUT2D eigenvalue weighted by Gasteiger charge is 1.97. The van der Waals surface area contributed by atoms with Crippen LogP contribution in [0.15, 0.2) is 42.7 Å². The van der Waals surface area contributed by atoms with Gasteiger partial charge in [-0.1, -0.05) is 0 Å². The van der Waals surface area contributed by atoms with Crippen molar-refractivity contribution in [2.24, 2.45) is 5.73 Å². The molecular weight excluding hydrogens is 216 g/mol. The maximum Gasteiger partial charge on any atom is 0.316 e. The maximum absolute atomic E-state index is 10.6. The molecule has 5 nitrogen and oxygen atoms in total. The van der Waals surface area contributed by atoms with Crippen LogP contribution in [-0.4, -0.2) is 11.0 Å². The van der Waals surface area contributed by atoms with E-state index < -0.39 is 6.03 Å². The zero-order chi connectivity index (χ0) is 12.1. The Morgan fingerprint density at radius 2 is 1.88 bits per heavy atom. The Labute approximate surface area is 99.0 Å². The third-order valence-corrected chi connectivity index (χ3v) is 2.31. The van der Waals surface area contributed by atoms with Crippen LogP contribution in [0.2, 0.25) is 0 Å². The van der Waals surface area contributed by atoms with E-state index in [4.69, 9.17) is 5.73 Å². The number of aromatic nitrogens is 1. The first-order valence-electron chi connectivity index (χ1n) is 5.26. The smallest absolute Gasteiger partial charge is 0.316 e. The monoisotopic (exact) mass is 230 g/mol. The zero-order valence-corrected chi connectivity index (χ0v) is 9.23. The summed E-state index contributed by atoms with van der Waals surface area (Å²) in [5.74, 6) is 0. The van der Waals surface area contributed by atoms with Crippen molar-refractivity contribution in [3.05, 3.63) is 48.3 Å². The van der Waals surface area contributed by atoms with Gasteiger partial charge in [-0.2, -0.15) is 0 Å². The second-order valence-corrected chi connectivity index (χ2v) is 3.64.